The van der Waals surface area contributed by atoms with Gasteiger partial charge in [-0.25, -0.2) is 8.78 Å². The molecule has 0 N–H and O–H groups in total. The van der Waals surface area contributed by atoms with Crippen molar-refractivity contribution in [1.29, 1.82) is 0 Å². The number of benzene rings is 1. The van der Waals surface area contributed by atoms with Crippen molar-refractivity contribution >= 4 is 24.3 Å². The van der Waals surface area contributed by atoms with Crippen LogP contribution in [-0.4, -0.2) is 13.2 Å². The Morgan fingerprint density at radius 2 is 1.59 bits per heavy atom. The molecule has 2 nitrogen and oxygen atoms in total. The normalized spacial score (nSPS) is 11.2. The van der Waals surface area contributed by atoms with Gasteiger partial charge < -0.3 is 9.05 Å². The molecular weight excluding hydrogens is 313 g/mol. The number of hydrogen-bond donors (Lipinski definition) is 0. The van der Waals surface area contributed by atoms with Gasteiger partial charge in [0.25, 0.3) is 0 Å². The molecule has 17 heavy (non-hydrogen) atoms. The topological polar surface area (TPSA) is 18.5 Å². The molecule has 0 bridgehead atoms. The molecule has 0 radical (unpaired) electrons. The monoisotopic (exact) mass is 326 g/mol. The van der Waals surface area contributed by atoms with Gasteiger partial charge in [0, 0.05) is 6.16 Å². The fraction of sp³-hybridized carbons (Fsp3) is 0.455. The van der Waals surface area contributed by atoms with Gasteiger partial charge in [0.05, 0.1) is 17.7 Å². The van der Waals surface area contributed by atoms with Crippen LogP contribution in [0.2, 0.25) is 0 Å². The van der Waals surface area contributed by atoms with Crippen molar-refractivity contribution in [3.63, 3.8) is 0 Å². The van der Waals surface area contributed by atoms with Gasteiger partial charge in [-0.2, -0.15) is 0 Å². The third-order valence-corrected chi connectivity index (χ3v) is 4.37. The minimum atomic E-state index is -1.12. The van der Waals surface area contributed by atoms with E-state index in [1.54, 1.807) is 0 Å². The van der Waals surface area contributed by atoms with Gasteiger partial charge in [0.15, 0.2) is 8.38 Å². The van der Waals surface area contributed by atoms with E-state index in [4.69, 9.17) is 9.05 Å². The van der Waals surface area contributed by atoms with Gasteiger partial charge in [-0.1, -0.05) is 0 Å². The van der Waals surface area contributed by atoms with E-state index in [2.05, 4.69) is 15.9 Å². The fourth-order valence-electron chi connectivity index (χ4n) is 1.26. The Balaban J connectivity index is 2.78. The Morgan fingerprint density at radius 1 is 1.12 bits per heavy atom. The summed E-state index contributed by atoms with van der Waals surface area (Å²) in [6.45, 7) is 4.76. The Morgan fingerprint density at radius 3 is 2.00 bits per heavy atom. The molecular formula is C11H14BrF2O2P. The number of hydrogen-bond acceptors (Lipinski definition) is 2. The van der Waals surface area contributed by atoms with Crippen LogP contribution in [0.4, 0.5) is 8.78 Å². The van der Waals surface area contributed by atoms with Crippen molar-refractivity contribution in [3.8, 4) is 0 Å². The van der Waals surface area contributed by atoms with Crippen LogP contribution in [-0.2, 0) is 15.2 Å². The van der Waals surface area contributed by atoms with E-state index in [0.29, 0.717) is 24.9 Å². The molecule has 6 heteroatoms. The molecule has 0 fully saturated rings. The molecule has 0 aliphatic carbocycles. The van der Waals surface area contributed by atoms with Crippen molar-refractivity contribution < 1.29 is 17.8 Å². The van der Waals surface area contributed by atoms with Crippen molar-refractivity contribution in [1.82, 2.24) is 0 Å². The maximum absolute atomic E-state index is 13.3. The highest BCUT2D eigenvalue weighted by atomic mass is 79.9. The summed E-state index contributed by atoms with van der Waals surface area (Å²) in [5.74, 6) is -1.22. The third kappa shape index (κ3) is 4.59. The second-order valence-corrected chi connectivity index (χ2v) is 5.49. The molecule has 0 heterocycles. The molecule has 0 saturated heterocycles. The van der Waals surface area contributed by atoms with Gasteiger partial charge in [0.1, 0.15) is 11.6 Å². The molecule has 0 atom stereocenters. The quantitative estimate of drug-likeness (QED) is 0.561. The lowest BCUT2D eigenvalue weighted by molar-refractivity contribution is 0.268. The zero-order chi connectivity index (χ0) is 12.8. The van der Waals surface area contributed by atoms with Crippen molar-refractivity contribution in [2.24, 2.45) is 0 Å². The van der Waals surface area contributed by atoms with Gasteiger partial charge in [-0.3, -0.25) is 0 Å². The van der Waals surface area contributed by atoms with Crippen LogP contribution in [0.25, 0.3) is 0 Å². The molecule has 1 aromatic rings. The Bertz CT molecular complexity index is 347. The SMILES string of the molecule is CCOP(Cc1cc(F)c(Br)c(F)c1)OCC. The van der Waals surface area contributed by atoms with E-state index in [1.165, 1.54) is 12.1 Å². The second-order valence-electron chi connectivity index (χ2n) is 3.20. The molecule has 0 amide bonds. The molecule has 0 aliphatic rings. The van der Waals surface area contributed by atoms with E-state index in [9.17, 15) is 8.78 Å². The van der Waals surface area contributed by atoms with E-state index in [1.807, 2.05) is 13.8 Å². The summed E-state index contributed by atoms with van der Waals surface area (Å²) in [5.41, 5.74) is 0.538. The number of rotatable bonds is 6. The molecule has 0 unspecified atom stereocenters. The first kappa shape index (κ1) is 15.0. The van der Waals surface area contributed by atoms with Gasteiger partial charge in [-0.05, 0) is 47.5 Å². The maximum Gasteiger partial charge on any atom is 0.175 e. The van der Waals surface area contributed by atoms with Crippen molar-refractivity contribution in [3.05, 3.63) is 33.8 Å². The molecule has 96 valence electrons. The highest BCUT2D eigenvalue weighted by Crippen LogP contribution is 2.42. The smallest absolute Gasteiger partial charge is 0.175 e. The first-order chi connectivity index (χ1) is 8.08. The van der Waals surface area contributed by atoms with Crippen LogP contribution in [0.15, 0.2) is 16.6 Å². The third-order valence-electron chi connectivity index (χ3n) is 1.90. The fourth-order valence-corrected chi connectivity index (χ4v) is 2.81. The Hall–Kier alpha value is -0.0900. The summed E-state index contributed by atoms with van der Waals surface area (Å²) in [6, 6.07) is 2.58. The zero-order valence-electron chi connectivity index (χ0n) is 9.67. The van der Waals surface area contributed by atoms with Crippen LogP contribution >= 0.6 is 24.3 Å². The van der Waals surface area contributed by atoms with E-state index in [-0.39, 0.29) is 4.47 Å². The van der Waals surface area contributed by atoms with Crippen molar-refractivity contribution in [2.45, 2.75) is 20.0 Å². The Labute approximate surface area is 109 Å². The molecule has 0 aromatic heterocycles. The lowest BCUT2D eigenvalue weighted by atomic mass is 10.2. The minimum absolute atomic E-state index is 0.140. The second kappa shape index (κ2) is 7.37. The molecule has 0 aliphatic heterocycles. The number of halogens is 3. The Kier molecular flexibility index (Phi) is 6.49. The van der Waals surface area contributed by atoms with Crippen LogP contribution in [0.3, 0.4) is 0 Å². The lowest BCUT2D eigenvalue weighted by Crippen LogP contribution is -1.96. The summed E-state index contributed by atoms with van der Waals surface area (Å²) in [4.78, 5) is 0. The summed E-state index contributed by atoms with van der Waals surface area (Å²) in [5, 5.41) is 0. The van der Waals surface area contributed by atoms with Gasteiger partial charge >= 0.3 is 0 Å². The van der Waals surface area contributed by atoms with E-state index in [0.717, 1.165) is 0 Å². The molecule has 1 aromatic carbocycles. The minimum Gasteiger partial charge on any atom is -0.334 e. The van der Waals surface area contributed by atoms with Crippen LogP contribution < -0.4 is 0 Å². The molecule has 0 spiro atoms. The standard InChI is InChI=1S/C11H14BrF2O2P/c1-3-15-17(16-4-2)7-8-5-9(13)11(12)10(14)6-8/h5-6H,3-4,7H2,1-2H3. The summed E-state index contributed by atoms with van der Waals surface area (Å²) in [6.07, 6.45) is 0.387. The van der Waals surface area contributed by atoms with E-state index < -0.39 is 20.0 Å². The van der Waals surface area contributed by atoms with Gasteiger partial charge in [0.2, 0.25) is 0 Å². The summed E-state index contributed by atoms with van der Waals surface area (Å²) in [7, 11) is -1.12. The average Bonchev–Trinajstić information content (AvgIpc) is 2.26. The largest absolute Gasteiger partial charge is 0.334 e. The predicted octanol–water partition coefficient (Wildman–Crippen LogP) is 4.61. The molecule has 0 saturated carbocycles. The van der Waals surface area contributed by atoms with Crippen LogP contribution in [0, 0.1) is 11.6 Å². The molecule has 1 rings (SSSR count). The average molecular weight is 327 g/mol. The highest BCUT2D eigenvalue weighted by Gasteiger charge is 2.14. The zero-order valence-corrected chi connectivity index (χ0v) is 12.2. The maximum atomic E-state index is 13.3. The van der Waals surface area contributed by atoms with Crippen LogP contribution in [0.1, 0.15) is 19.4 Å². The predicted molar refractivity (Wildman–Crippen MR) is 67.9 cm³/mol. The highest BCUT2D eigenvalue weighted by molar-refractivity contribution is 9.10. The van der Waals surface area contributed by atoms with Crippen LogP contribution in [0.5, 0.6) is 0 Å². The van der Waals surface area contributed by atoms with Crippen molar-refractivity contribution in [2.75, 3.05) is 13.2 Å². The van der Waals surface area contributed by atoms with E-state index >= 15 is 0 Å². The summed E-state index contributed by atoms with van der Waals surface area (Å²) >= 11 is 2.83. The first-order valence-electron chi connectivity index (χ1n) is 5.25. The first-order valence-corrected chi connectivity index (χ1v) is 7.40. The lowest BCUT2D eigenvalue weighted by Gasteiger charge is -2.15. The summed E-state index contributed by atoms with van der Waals surface area (Å²) < 4.78 is 37.2. The van der Waals surface area contributed by atoms with Gasteiger partial charge in [-0.15, -0.1) is 0 Å².